The maximum Gasteiger partial charge on any atom is 0.330 e. The van der Waals surface area contributed by atoms with E-state index in [2.05, 4.69) is 0 Å². The standard InChI is InChI=1S/C8H9ClN2O5/c9-4-1-11(8(14)10-7(4)13)5-3-15-6(2-12)16-5/h1,5-6,12H,2-3H2,(H,10,13,14)/t5-,6+/m1/s1. The van der Waals surface area contributed by atoms with Crippen LogP contribution in [0.25, 0.3) is 0 Å². The van der Waals surface area contributed by atoms with Gasteiger partial charge in [-0.2, -0.15) is 0 Å². The third-order valence-corrected chi connectivity index (χ3v) is 2.39. The topological polar surface area (TPSA) is 93.6 Å². The Balaban J connectivity index is 2.32. The van der Waals surface area contributed by atoms with Crippen LogP contribution in [0, 0.1) is 0 Å². The largest absolute Gasteiger partial charge is 0.391 e. The molecule has 1 fully saturated rings. The van der Waals surface area contributed by atoms with Crippen molar-refractivity contribution in [3.05, 3.63) is 32.1 Å². The number of hydrogen-bond donors (Lipinski definition) is 2. The van der Waals surface area contributed by atoms with Gasteiger partial charge in [0.15, 0.2) is 12.5 Å². The normalized spacial score (nSPS) is 24.9. The van der Waals surface area contributed by atoms with Crippen molar-refractivity contribution in [2.45, 2.75) is 12.5 Å². The molecule has 2 N–H and O–H groups in total. The molecule has 1 aromatic heterocycles. The summed E-state index contributed by atoms with van der Waals surface area (Å²) in [6.07, 6.45) is -0.280. The van der Waals surface area contributed by atoms with Gasteiger partial charge in [0.2, 0.25) is 0 Å². The van der Waals surface area contributed by atoms with E-state index in [-0.39, 0.29) is 18.2 Å². The second-order valence-electron chi connectivity index (χ2n) is 3.18. The summed E-state index contributed by atoms with van der Waals surface area (Å²) in [5, 5.41) is 8.66. The zero-order valence-corrected chi connectivity index (χ0v) is 8.81. The van der Waals surface area contributed by atoms with E-state index in [0.29, 0.717) is 0 Å². The number of nitrogens with one attached hydrogen (secondary N) is 1. The highest BCUT2D eigenvalue weighted by Gasteiger charge is 2.27. The number of aromatic nitrogens is 2. The van der Waals surface area contributed by atoms with Gasteiger partial charge in [-0.15, -0.1) is 0 Å². The molecule has 16 heavy (non-hydrogen) atoms. The lowest BCUT2D eigenvalue weighted by Gasteiger charge is -2.12. The summed E-state index contributed by atoms with van der Waals surface area (Å²) in [5.74, 6) is 0. The van der Waals surface area contributed by atoms with Gasteiger partial charge >= 0.3 is 5.69 Å². The molecular weight excluding hydrogens is 240 g/mol. The number of hydrogen-bond acceptors (Lipinski definition) is 5. The number of aliphatic hydroxyl groups is 1. The molecule has 1 saturated heterocycles. The van der Waals surface area contributed by atoms with Crippen molar-refractivity contribution in [2.75, 3.05) is 13.2 Å². The van der Waals surface area contributed by atoms with Gasteiger partial charge in [0, 0.05) is 6.20 Å². The first-order valence-corrected chi connectivity index (χ1v) is 4.88. The van der Waals surface area contributed by atoms with Gasteiger partial charge in [0.25, 0.3) is 5.56 Å². The molecule has 0 radical (unpaired) electrons. The van der Waals surface area contributed by atoms with Crippen LogP contribution in [-0.2, 0) is 9.47 Å². The average Bonchev–Trinajstić information content (AvgIpc) is 2.71. The van der Waals surface area contributed by atoms with Crippen LogP contribution >= 0.6 is 11.6 Å². The first kappa shape index (κ1) is 11.3. The number of nitrogens with zero attached hydrogens (tertiary/aromatic N) is 1. The van der Waals surface area contributed by atoms with E-state index in [0.717, 1.165) is 4.57 Å². The highest BCUT2D eigenvalue weighted by Crippen LogP contribution is 2.19. The first-order valence-electron chi connectivity index (χ1n) is 4.50. The zero-order chi connectivity index (χ0) is 11.7. The molecule has 0 unspecified atom stereocenters. The predicted octanol–water partition coefficient (Wildman–Crippen LogP) is -0.946. The van der Waals surface area contributed by atoms with Crippen LogP contribution in [0.5, 0.6) is 0 Å². The van der Waals surface area contributed by atoms with Gasteiger partial charge in [-0.25, -0.2) is 4.79 Å². The van der Waals surface area contributed by atoms with Crippen molar-refractivity contribution in [3.63, 3.8) is 0 Å². The summed E-state index contributed by atoms with van der Waals surface area (Å²) in [4.78, 5) is 24.5. The van der Waals surface area contributed by atoms with Gasteiger partial charge in [-0.3, -0.25) is 14.3 Å². The van der Waals surface area contributed by atoms with Crippen LogP contribution in [0.15, 0.2) is 15.8 Å². The van der Waals surface area contributed by atoms with Crippen LogP contribution in [0.4, 0.5) is 0 Å². The maximum atomic E-state index is 11.4. The minimum absolute atomic E-state index is 0.105. The zero-order valence-electron chi connectivity index (χ0n) is 8.05. The summed E-state index contributed by atoms with van der Waals surface area (Å²) < 4.78 is 11.3. The lowest BCUT2D eigenvalue weighted by atomic mass is 10.5. The fourth-order valence-corrected chi connectivity index (χ4v) is 1.51. The number of aliphatic hydroxyl groups excluding tert-OH is 1. The van der Waals surface area contributed by atoms with Crippen molar-refractivity contribution in [3.8, 4) is 0 Å². The van der Waals surface area contributed by atoms with Crippen LogP contribution < -0.4 is 11.2 Å². The van der Waals surface area contributed by atoms with Gasteiger partial charge in [-0.05, 0) is 0 Å². The molecule has 1 aromatic rings. The molecule has 8 heteroatoms. The van der Waals surface area contributed by atoms with E-state index in [9.17, 15) is 9.59 Å². The molecule has 0 saturated carbocycles. The molecule has 0 bridgehead atoms. The Morgan fingerprint density at radius 3 is 3.00 bits per heavy atom. The van der Waals surface area contributed by atoms with Crippen molar-refractivity contribution < 1.29 is 14.6 Å². The van der Waals surface area contributed by atoms with Crippen LogP contribution in [0.2, 0.25) is 5.02 Å². The van der Waals surface area contributed by atoms with E-state index < -0.39 is 23.8 Å². The van der Waals surface area contributed by atoms with Crippen molar-refractivity contribution in [1.29, 1.82) is 0 Å². The summed E-state index contributed by atoms with van der Waals surface area (Å²) in [6.45, 7) is -0.199. The lowest BCUT2D eigenvalue weighted by molar-refractivity contribution is -0.0992. The van der Waals surface area contributed by atoms with Gasteiger partial charge in [0.05, 0.1) is 13.2 Å². The van der Waals surface area contributed by atoms with Gasteiger partial charge in [0.1, 0.15) is 5.02 Å². The molecule has 1 aliphatic heterocycles. The van der Waals surface area contributed by atoms with Crippen molar-refractivity contribution in [2.24, 2.45) is 0 Å². The lowest BCUT2D eigenvalue weighted by Crippen LogP contribution is -2.33. The Morgan fingerprint density at radius 2 is 2.38 bits per heavy atom. The number of rotatable bonds is 2. The molecule has 2 atom stereocenters. The molecule has 2 heterocycles. The van der Waals surface area contributed by atoms with Gasteiger partial charge in [-0.1, -0.05) is 11.6 Å². The molecule has 0 aromatic carbocycles. The highest BCUT2D eigenvalue weighted by atomic mass is 35.5. The molecule has 0 aliphatic carbocycles. The second kappa shape index (κ2) is 4.38. The van der Waals surface area contributed by atoms with E-state index in [1.165, 1.54) is 6.20 Å². The highest BCUT2D eigenvalue weighted by molar-refractivity contribution is 6.30. The Bertz CT molecular complexity index is 496. The number of ether oxygens (including phenoxy) is 2. The molecule has 2 rings (SSSR count). The quantitative estimate of drug-likeness (QED) is 0.704. The summed E-state index contributed by atoms with van der Waals surface area (Å²) in [6, 6.07) is 0. The minimum atomic E-state index is -0.761. The molecule has 7 nitrogen and oxygen atoms in total. The third-order valence-electron chi connectivity index (χ3n) is 2.12. The monoisotopic (exact) mass is 248 g/mol. The fraction of sp³-hybridized carbons (Fsp3) is 0.500. The Morgan fingerprint density at radius 1 is 1.62 bits per heavy atom. The minimum Gasteiger partial charge on any atom is -0.391 e. The SMILES string of the molecule is O=c1[nH]c(=O)n([C@H]2CO[C@H](CO)O2)cc1Cl. The average molecular weight is 249 g/mol. The Hall–Kier alpha value is -1.15. The van der Waals surface area contributed by atoms with E-state index in [1.807, 2.05) is 4.98 Å². The van der Waals surface area contributed by atoms with Crippen LogP contribution in [-0.4, -0.2) is 34.2 Å². The van der Waals surface area contributed by atoms with Gasteiger partial charge < -0.3 is 14.6 Å². The van der Waals surface area contributed by atoms with E-state index >= 15 is 0 Å². The van der Waals surface area contributed by atoms with Crippen molar-refractivity contribution >= 4 is 11.6 Å². The first-order chi connectivity index (χ1) is 7.61. The summed E-state index contributed by atoms with van der Waals surface area (Å²) in [5.41, 5.74) is -1.29. The molecule has 1 aliphatic rings. The maximum absolute atomic E-state index is 11.4. The summed E-state index contributed by atoms with van der Waals surface area (Å²) in [7, 11) is 0. The molecule has 0 spiro atoms. The Labute approximate surface area is 94.2 Å². The summed E-state index contributed by atoms with van der Waals surface area (Å²) >= 11 is 5.59. The van der Waals surface area contributed by atoms with Crippen LogP contribution in [0.1, 0.15) is 6.23 Å². The molecular formula is C8H9ClN2O5. The fourth-order valence-electron chi connectivity index (χ4n) is 1.36. The number of aromatic amines is 1. The number of halogens is 1. The second-order valence-corrected chi connectivity index (χ2v) is 3.59. The number of H-pyrrole nitrogens is 1. The Kier molecular flexibility index (Phi) is 3.10. The predicted molar refractivity (Wildman–Crippen MR) is 53.3 cm³/mol. The van der Waals surface area contributed by atoms with Crippen molar-refractivity contribution in [1.82, 2.24) is 9.55 Å². The van der Waals surface area contributed by atoms with Crippen LogP contribution in [0.3, 0.4) is 0 Å². The third kappa shape index (κ3) is 2.03. The van der Waals surface area contributed by atoms with E-state index in [4.69, 9.17) is 26.2 Å². The smallest absolute Gasteiger partial charge is 0.330 e. The van der Waals surface area contributed by atoms with E-state index in [1.54, 1.807) is 0 Å². The molecule has 88 valence electrons. The molecule has 0 amide bonds.